The molecule has 0 unspecified atom stereocenters. The lowest BCUT2D eigenvalue weighted by Gasteiger charge is -2.36. The van der Waals surface area contributed by atoms with Crippen LogP contribution >= 0.6 is 11.3 Å². The summed E-state index contributed by atoms with van der Waals surface area (Å²) in [7, 11) is 0. The van der Waals surface area contributed by atoms with Crippen molar-refractivity contribution in [3.8, 4) is 0 Å². The molecule has 0 bridgehead atoms. The van der Waals surface area contributed by atoms with E-state index in [0.717, 1.165) is 12.0 Å². The first-order valence-corrected chi connectivity index (χ1v) is 9.01. The molecule has 4 nitrogen and oxygen atoms in total. The third-order valence-electron chi connectivity index (χ3n) is 4.72. The first kappa shape index (κ1) is 15.3. The van der Waals surface area contributed by atoms with E-state index in [1.807, 2.05) is 12.1 Å². The molecule has 1 amide bonds. The molecule has 2 aromatic carbocycles. The molecule has 0 saturated carbocycles. The third-order valence-corrected chi connectivity index (χ3v) is 5.31. The molecule has 1 aliphatic heterocycles. The maximum Gasteiger partial charge on any atom is 0.273 e. The number of β-amino-alcohol motifs (C(OH)–C–C–N with tert-alkyl or cyclic N) is 1. The zero-order valence-electron chi connectivity index (χ0n) is 13.1. The lowest BCUT2D eigenvalue weighted by Crippen LogP contribution is -2.45. The minimum absolute atomic E-state index is 0.0640. The zero-order valence-corrected chi connectivity index (χ0v) is 13.9. The number of benzene rings is 2. The maximum atomic E-state index is 12.4. The predicted octanol–water partition coefficient (Wildman–Crippen LogP) is 3.29. The zero-order chi connectivity index (χ0) is 16.5. The molecule has 5 heteroatoms. The highest BCUT2D eigenvalue weighted by Gasteiger charge is 2.32. The normalized spacial score (nSPS) is 21.1. The lowest BCUT2D eigenvalue weighted by atomic mass is 9.86. The van der Waals surface area contributed by atoms with Gasteiger partial charge < -0.3 is 10.0 Å². The van der Waals surface area contributed by atoms with Gasteiger partial charge in [-0.25, -0.2) is 4.98 Å². The van der Waals surface area contributed by atoms with Gasteiger partial charge >= 0.3 is 0 Å². The van der Waals surface area contributed by atoms with Crippen molar-refractivity contribution in [2.24, 2.45) is 0 Å². The minimum atomic E-state index is -0.553. The maximum absolute atomic E-state index is 12.4. The molecule has 1 aromatic heterocycles. The van der Waals surface area contributed by atoms with Crippen LogP contribution < -0.4 is 0 Å². The van der Waals surface area contributed by atoms with Crippen molar-refractivity contribution in [2.75, 3.05) is 13.1 Å². The van der Waals surface area contributed by atoms with Crippen LogP contribution in [-0.2, 0) is 0 Å². The second-order valence-electron chi connectivity index (χ2n) is 6.19. The second kappa shape index (κ2) is 6.34. The molecule has 0 aliphatic carbocycles. The summed E-state index contributed by atoms with van der Waals surface area (Å²) < 4.78 is 0. The number of aromatic nitrogens is 1. The number of thiazole rings is 1. The predicted molar refractivity (Wildman–Crippen MR) is 95.3 cm³/mol. The Bertz CT molecular complexity index is 863. The number of likely N-dealkylation sites (tertiary alicyclic amines) is 1. The average molecular weight is 338 g/mol. The van der Waals surface area contributed by atoms with Gasteiger partial charge in [0.25, 0.3) is 5.91 Å². The molecular formula is C19H18N2O2S. The fraction of sp³-hybridized carbons (Fsp3) is 0.263. The van der Waals surface area contributed by atoms with Crippen molar-refractivity contribution >= 4 is 28.0 Å². The number of aliphatic hydroxyl groups is 1. The third kappa shape index (κ3) is 2.81. The molecule has 122 valence electrons. The smallest absolute Gasteiger partial charge is 0.273 e. The number of fused-ring (bicyclic) bond motifs is 1. The van der Waals surface area contributed by atoms with Crippen LogP contribution in [0, 0.1) is 0 Å². The summed E-state index contributed by atoms with van der Waals surface area (Å²) in [6.45, 7) is 0.999. The molecule has 0 spiro atoms. The minimum Gasteiger partial charge on any atom is -0.391 e. The van der Waals surface area contributed by atoms with Crippen LogP contribution in [-0.4, -0.2) is 40.1 Å². The molecule has 1 fully saturated rings. The Kier molecular flexibility index (Phi) is 4.04. The highest BCUT2D eigenvalue weighted by atomic mass is 32.1. The summed E-state index contributed by atoms with van der Waals surface area (Å²) in [5, 5.41) is 14.7. The van der Waals surface area contributed by atoms with Gasteiger partial charge in [-0.05, 0) is 22.8 Å². The summed E-state index contributed by atoms with van der Waals surface area (Å²) in [6.07, 6.45) is 0.206. The van der Waals surface area contributed by atoms with Gasteiger partial charge in [-0.15, -0.1) is 11.3 Å². The molecule has 2 atom stereocenters. The number of amides is 1. The summed E-state index contributed by atoms with van der Waals surface area (Å²) in [6, 6.07) is 14.6. The first-order valence-electron chi connectivity index (χ1n) is 8.06. The molecule has 3 aromatic rings. The fourth-order valence-corrected chi connectivity index (χ4v) is 3.95. The molecule has 1 aliphatic rings. The topological polar surface area (TPSA) is 53.4 Å². The first-order chi connectivity index (χ1) is 11.7. The molecule has 1 N–H and O–H groups in total. The summed E-state index contributed by atoms with van der Waals surface area (Å²) >= 11 is 1.41. The van der Waals surface area contributed by atoms with Crippen molar-refractivity contribution in [1.82, 2.24) is 9.88 Å². The van der Waals surface area contributed by atoms with Crippen molar-refractivity contribution < 1.29 is 9.90 Å². The van der Waals surface area contributed by atoms with E-state index in [-0.39, 0.29) is 11.8 Å². The van der Waals surface area contributed by atoms with Gasteiger partial charge in [0, 0.05) is 24.4 Å². The number of nitrogens with zero attached hydrogens (tertiary/aromatic N) is 2. The van der Waals surface area contributed by atoms with Gasteiger partial charge in [-0.1, -0.05) is 42.5 Å². The van der Waals surface area contributed by atoms with Crippen LogP contribution in [0.3, 0.4) is 0 Å². The van der Waals surface area contributed by atoms with Crippen LogP contribution in [0.2, 0.25) is 0 Å². The molecule has 24 heavy (non-hydrogen) atoms. The lowest BCUT2D eigenvalue weighted by molar-refractivity contribution is 0.0378. The quantitative estimate of drug-likeness (QED) is 0.780. The molecule has 1 saturated heterocycles. The van der Waals surface area contributed by atoms with Gasteiger partial charge in [0.2, 0.25) is 0 Å². The SMILES string of the molecule is O=C(c1cscn1)N1CC[C@@H](c2ccc3ccccc3c2)[C@H](O)C1. The molecular weight excluding hydrogens is 320 g/mol. The van der Waals surface area contributed by atoms with Gasteiger partial charge in [0.05, 0.1) is 11.6 Å². The fourth-order valence-electron chi connectivity index (χ4n) is 3.42. The number of aliphatic hydroxyl groups excluding tert-OH is 1. The number of hydrogen-bond acceptors (Lipinski definition) is 4. The van der Waals surface area contributed by atoms with Gasteiger partial charge in [0.15, 0.2) is 0 Å². The van der Waals surface area contributed by atoms with Gasteiger partial charge in [-0.3, -0.25) is 4.79 Å². The summed E-state index contributed by atoms with van der Waals surface area (Å²) in [4.78, 5) is 18.2. The van der Waals surface area contributed by atoms with Gasteiger partial charge in [0.1, 0.15) is 5.69 Å². The molecule has 4 rings (SSSR count). The Morgan fingerprint density at radius 3 is 2.79 bits per heavy atom. The Morgan fingerprint density at radius 2 is 2.04 bits per heavy atom. The number of piperidine rings is 1. The van der Waals surface area contributed by atoms with Crippen molar-refractivity contribution in [2.45, 2.75) is 18.4 Å². The highest BCUT2D eigenvalue weighted by molar-refractivity contribution is 7.07. The monoisotopic (exact) mass is 338 g/mol. The number of carbonyl (C=O) groups excluding carboxylic acids is 1. The Hall–Kier alpha value is -2.24. The van der Waals surface area contributed by atoms with Crippen LogP contribution in [0.4, 0.5) is 0 Å². The van der Waals surface area contributed by atoms with Crippen LogP contribution in [0.15, 0.2) is 53.4 Å². The standard InChI is InChI=1S/C19H18N2O2S/c22-18-10-21(19(23)17-11-24-12-20-17)8-7-16(18)15-6-5-13-3-1-2-4-14(13)9-15/h1-6,9,11-12,16,18,22H,7-8,10H2/t16-,18+/m0/s1. The number of carbonyl (C=O) groups is 1. The van der Waals surface area contributed by atoms with Crippen molar-refractivity contribution in [3.05, 3.63) is 64.6 Å². The molecule has 0 radical (unpaired) electrons. The van der Waals surface area contributed by atoms with E-state index in [1.165, 1.54) is 22.1 Å². The highest BCUT2D eigenvalue weighted by Crippen LogP contribution is 2.31. The Labute approximate surface area is 144 Å². The number of rotatable bonds is 2. The van der Waals surface area contributed by atoms with Crippen LogP contribution in [0.25, 0.3) is 10.8 Å². The van der Waals surface area contributed by atoms with E-state index in [0.29, 0.717) is 18.8 Å². The van der Waals surface area contributed by atoms with E-state index < -0.39 is 6.10 Å². The van der Waals surface area contributed by atoms with E-state index in [9.17, 15) is 9.90 Å². The largest absolute Gasteiger partial charge is 0.391 e. The van der Waals surface area contributed by atoms with E-state index in [1.54, 1.807) is 15.8 Å². The Balaban J connectivity index is 1.53. The van der Waals surface area contributed by atoms with Crippen molar-refractivity contribution in [1.29, 1.82) is 0 Å². The summed E-state index contributed by atoms with van der Waals surface area (Å²) in [5.74, 6) is -0.0265. The van der Waals surface area contributed by atoms with Crippen LogP contribution in [0.1, 0.15) is 28.4 Å². The van der Waals surface area contributed by atoms with E-state index in [2.05, 4.69) is 35.3 Å². The second-order valence-corrected chi connectivity index (χ2v) is 6.91. The van der Waals surface area contributed by atoms with Crippen LogP contribution in [0.5, 0.6) is 0 Å². The average Bonchev–Trinajstić information content (AvgIpc) is 3.15. The summed E-state index contributed by atoms with van der Waals surface area (Å²) in [5.41, 5.74) is 3.27. The van der Waals surface area contributed by atoms with Crippen molar-refractivity contribution in [3.63, 3.8) is 0 Å². The number of hydrogen-bond donors (Lipinski definition) is 1. The van der Waals surface area contributed by atoms with Gasteiger partial charge in [-0.2, -0.15) is 0 Å². The Morgan fingerprint density at radius 1 is 1.21 bits per heavy atom. The molecule has 2 heterocycles. The van der Waals surface area contributed by atoms with E-state index in [4.69, 9.17) is 0 Å². The van der Waals surface area contributed by atoms with E-state index >= 15 is 0 Å².